The molecule has 1 aromatic rings. The summed E-state index contributed by atoms with van der Waals surface area (Å²) < 4.78 is 18.2. The zero-order valence-electron chi connectivity index (χ0n) is 12.9. The number of halogens is 1. The highest BCUT2D eigenvalue weighted by molar-refractivity contribution is 5.91. The van der Waals surface area contributed by atoms with E-state index in [-0.39, 0.29) is 36.9 Å². The van der Waals surface area contributed by atoms with Gasteiger partial charge in [0.15, 0.2) is 0 Å². The molecule has 1 fully saturated rings. The molecule has 6 nitrogen and oxygen atoms in total. The standard InChI is InChI=1S/C16H19FN2O4/c1-23-15(21)10-13-16(22)18-8-9-19(13)14(20)7-6-11-4-2-3-5-12(11)17/h2-5,13H,6-10H2,1H3,(H,18,22)/t13-/m1/s1. The van der Waals surface area contributed by atoms with Gasteiger partial charge < -0.3 is 15.0 Å². The number of carbonyl (C=O) groups is 3. The summed E-state index contributed by atoms with van der Waals surface area (Å²) in [6.45, 7) is 0.658. The highest BCUT2D eigenvalue weighted by Gasteiger charge is 2.34. The van der Waals surface area contributed by atoms with Gasteiger partial charge in [0, 0.05) is 19.5 Å². The molecule has 1 saturated heterocycles. The van der Waals surface area contributed by atoms with E-state index < -0.39 is 12.0 Å². The minimum Gasteiger partial charge on any atom is -0.469 e. The van der Waals surface area contributed by atoms with Crippen molar-refractivity contribution in [3.05, 3.63) is 35.6 Å². The fraction of sp³-hybridized carbons (Fsp3) is 0.438. The molecule has 0 aliphatic carbocycles. The molecule has 2 rings (SSSR count). The van der Waals surface area contributed by atoms with Crippen LogP contribution in [0.4, 0.5) is 4.39 Å². The van der Waals surface area contributed by atoms with Crippen LogP contribution in [0.15, 0.2) is 24.3 Å². The minimum atomic E-state index is -0.871. The Labute approximate surface area is 133 Å². The molecule has 0 saturated carbocycles. The topological polar surface area (TPSA) is 75.7 Å². The lowest BCUT2D eigenvalue weighted by molar-refractivity contribution is -0.150. The summed E-state index contributed by atoms with van der Waals surface area (Å²) in [5.41, 5.74) is 0.451. The van der Waals surface area contributed by atoms with Crippen LogP contribution in [0, 0.1) is 5.82 Å². The molecule has 1 heterocycles. The van der Waals surface area contributed by atoms with E-state index in [4.69, 9.17) is 0 Å². The summed E-state index contributed by atoms with van der Waals surface area (Å²) in [6, 6.07) is 5.38. The van der Waals surface area contributed by atoms with Gasteiger partial charge in [-0.05, 0) is 18.1 Å². The molecule has 0 aromatic heterocycles. The second-order valence-electron chi connectivity index (χ2n) is 5.27. The molecular formula is C16H19FN2O4. The van der Waals surface area contributed by atoms with E-state index in [0.29, 0.717) is 18.7 Å². The van der Waals surface area contributed by atoms with E-state index in [9.17, 15) is 18.8 Å². The predicted octanol–water partition coefficient (Wildman–Crippen LogP) is 0.648. The maximum absolute atomic E-state index is 13.6. The summed E-state index contributed by atoms with van der Waals surface area (Å²) >= 11 is 0. The van der Waals surface area contributed by atoms with Crippen molar-refractivity contribution in [1.82, 2.24) is 10.2 Å². The monoisotopic (exact) mass is 322 g/mol. The van der Waals surface area contributed by atoms with Gasteiger partial charge in [0.1, 0.15) is 11.9 Å². The van der Waals surface area contributed by atoms with Crippen molar-refractivity contribution in [3.8, 4) is 0 Å². The number of hydrogen-bond acceptors (Lipinski definition) is 4. The van der Waals surface area contributed by atoms with E-state index in [1.807, 2.05) is 0 Å². The van der Waals surface area contributed by atoms with Crippen LogP contribution < -0.4 is 5.32 Å². The third-order valence-corrected chi connectivity index (χ3v) is 3.80. The number of aryl methyl sites for hydroxylation is 1. The number of nitrogens with zero attached hydrogens (tertiary/aromatic N) is 1. The van der Waals surface area contributed by atoms with Crippen LogP contribution in [-0.2, 0) is 25.5 Å². The average Bonchev–Trinajstić information content (AvgIpc) is 2.55. The highest BCUT2D eigenvalue weighted by Crippen LogP contribution is 2.14. The number of amides is 2. The number of esters is 1. The number of methoxy groups -OCH3 is 1. The van der Waals surface area contributed by atoms with E-state index in [0.717, 1.165) is 0 Å². The summed E-state index contributed by atoms with van der Waals surface area (Å²) in [7, 11) is 1.23. The fourth-order valence-electron chi connectivity index (χ4n) is 2.54. The lowest BCUT2D eigenvalue weighted by Crippen LogP contribution is -2.57. The van der Waals surface area contributed by atoms with Crippen molar-refractivity contribution in [2.45, 2.75) is 25.3 Å². The lowest BCUT2D eigenvalue weighted by Gasteiger charge is -2.34. The maximum Gasteiger partial charge on any atom is 0.308 e. The maximum atomic E-state index is 13.6. The van der Waals surface area contributed by atoms with Crippen molar-refractivity contribution in [2.24, 2.45) is 0 Å². The Hall–Kier alpha value is -2.44. The summed E-state index contributed by atoms with van der Waals surface area (Å²) in [6.07, 6.45) is 0.133. The molecule has 124 valence electrons. The first kappa shape index (κ1) is 16.9. The minimum absolute atomic E-state index is 0.0753. The number of hydrogen-bond donors (Lipinski definition) is 1. The van der Waals surface area contributed by atoms with Crippen LogP contribution in [-0.4, -0.2) is 48.9 Å². The van der Waals surface area contributed by atoms with Gasteiger partial charge in [0.25, 0.3) is 0 Å². The Bertz CT molecular complexity index is 605. The van der Waals surface area contributed by atoms with Crippen molar-refractivity contribution in [2.75, 3.05) is 20.2 Å². The summed E-state index contributed by atoms with van der Waals surface area (Å²) in [5, 5.41) is 2.63. The number of piperazine rings is 1. The number of nitrogens with one attached hydrogen (secondary N) is 1. The SMILES string of the molecule is COC(=O)C[C@@H]1C(=O)NCCN1C(=O)CCc1ccccc1F. The van der Waals surface area contributed by atoms with Crippen LogP contribution in [0.2, 0.25) is 0 Å². The quantitative estimate of drug-likeness (QED) is 0.808. The van der Waals surface area contributed by atoms with Gasteiger partial charge in [0.05, 0.1) is 13.5 Å². The molecule has 2 amide bonds. The highest BCUT2D eigenvalue weighted by atomic mass is 19.1. The van der Waals surface area contributed by atoms with E-state index >= 15 is 0 Å². The number of carbonyl (C=O) groups excluding carboxylic acids is 3. The van der Waals surface area contributed by atoms with Gasteiger partial charge in [-0.15, -0.1) is 0 Å². The first-order chi connectivity index (χ1) is 11.0. The molecule has 1 aliphatic heterocycles. The van der Waals surface area contributed by atoms with Gasteiger partial charge >= 0.3 is 5.97 Å². The van der Waals surface area contributed by atoms with E-state index in [1.54, 1.807) is 18.2 Å². The molecule has 1 aliphatic rings. The Morgan fingerprint density at radius 2 is 2.13 bits per heavy atom. The molecule has 0 spiro atoms. The van der Waals surface area contributed by atoms with Gasteiger partial charge in [-0.2, -0.15) is 0 Å². The zero-order chi connectivity index (χ0) is 16.8. The van der Waals surface area contributed by atoms with Gasteiger partial charge in [-0.1, -0.05) is 18.2 Å². The third kappa shape index (κ3) is 4.28. The summed E-state index contributed by atoms with van der Waals surface area (Å²) in [4.78, 5) is 37.1. The van der Waals surface area contributed by atoms with Crippen LogP contribution in [0.3, 0.4) is 0 Å². The molecule has 1 aromatic carbocycles. The van der Waals surface area contributed by atoms with E-state index in [1.165, 1.54) is 18.1 Å². The lowest BCUT2D eigenvalue weighted by atomic mass is 10.1. The number of rotatable bonds is 5. The first-order valence-electron chi connectivity index (χ1n) is 7.40. The number of benzene rings is 1. The van der Waals surface area contributed by atoms with Crippen molar-refractivity contribution >= 4 is 17.8 Å². The van der Waals surface area contributed by atoms with Gasteiger partial charge in [0.2, 0.25) is 11.8 Å². The number of ether oxygens (including phenoxy) is 1. The second kappa shape index (κ2) is 7.71. The second-order valence-corrected chi connectivity index (χ2v) is 5.27. The molecule has 0 unspecified atom stereocenters. The van der Waals surface area contributed by atoms with Crippen molar-refractivity contribution in [1.29, 1.82) is 0 Å². The Kier molecular flexibility index (Phi) is 5.67. The third-order valence-electron chi connectivity index (χ3n) is 3.80. The molecule has 0 radical (unpaired) electrons. The molecule has 0 bridgehead atoms. The Morgan fingerprint density at radius 1 is 1.39 bits per heavy atom. The van der Waals surface area contributed by atoms with E-state index in [2.05, 4.69) is 10.1 Å². The van der Waals surface area contributed by atoms with Crippen LogP contribution in [0.25, 0.3) is 0 Å². The predicted molar refractivity (Wildman–Crippen MR) is 79.9 cm³/mol. The van der Waals surface area contributed by atoms with Crippen molar-refractivity contribution in [3.63, 3.8) is 0 Å². The molecule has 7 heteroatoms. The first-order valence-corrected chi connectivity index (χ1v) is 7.40. The Balaban J connectivity index is 2.02. The van der Waals surface area contributed by atoms with Crippen LogP contribution >= 0.6 is 0 Å². The molecule has 1 atom stereocenters. The molecule has 23 heavy (non-hydrogen) atoms. The average molecular weight is 322 g/mol. The fourth-order valence-corrected chi connectivity index (χ4v) is 2.54. The van der Waals surface area contributed by atoms with Gasteiger partial charge in [-0.25, -0.2) is 4.39 Å². The molecular weight excluding hydrogens is 303 g/mol. The Morgan fingerprint density at radius 3 is 2.83 bits per heavy atom. The largest absolute Gasteiger partial charge is 0.469 e. The van der Waals surface area contributed by atoms with Crippen LogP contribution in [0.1, 0.15) is 18.4 Å². The van der Waals surface area contributed by atoms with Crippen LogP contribution in [0.5, 0.6) is 0 Å². The smallest absolute Gasteiger partial charge is 0.308 e. The molecule has 1 N–H and O–H groups in total. The van der Waals surface area contributed by atoms with Crippen molar-refractivity contribution < 1.29 is 23.5 Å². The summed E-state index contributed by atoms with van der Waals surface area (Å²) in [5.74, 6) is -1.57. The zero-order valence-corrected chi connectivity index (χ0v) is 12.9. The van der Waals surface area contributed by atoms with Gasteiger partial charge in [-0.3, -0.25) is 14.4 Å². The normalized spacial score (nSPS) is 17.6.